The first-order valence-corrected chi connectivity index (χ1v) is 9.70. The maximum Gasteiger partial charge on any atom is 0.264 e. The molecule has 0 bridgehead atoms. The predicted molar refractivity (Wildman–Crippen MR) is 96.8 cm³/mol. The summed E-state index contributed by atoms with van der Waals surface area (Å²) in [6.45, 7) is 8.36. The Labute approximate surface area is 150 Å². The molecule has 2 amide bonds. The molecular formula is C17H21N3O2S2. The number of carbonyl (C=O) groups excluding carboxylic acids is 2. The summed E-state index contributed by atoms with van der Waals surface area (Å²) in [5.41, 5.74) is 4.18. The number of aromatic nitrogens is 1. The quantitative estimate of drug-likeness (QED) is 0.842. The Bertz CT molecular complexity index is 758. The van der Waals surface area contributed by atoms with Crippen molar-refractivity contribution < 1.29 is 9.59 Å². The van der Waals surface area contributed by atoms with Crippen LogP contribution in [0.25, 0.3) is 0 Å². The second kappa shape index (κ2) is 7.03. The third-order valence-electron chi connectivity index (χ3n) is 4.59. The van der Waals surface area contributed by atoms with E-state index < -0.39 is 0 Å². The van der Waals surface area contributed by atoms with Gasteiger partial charge in [-0.25, -0.2) is 0 Å². The molecule has 0 saturated carbocycles. The Balaban J connectivity index is 1.57. The highest BCUT2D eigenvalue weighted by atomic mass is 32.1. The number of carbonyl (C=O) groups is 2. The highest BCUT2D eigenvalue weighted by Gasteiger charge is 2.26. The molecule has 7 heteroatoms. The predicted octanol–water partition coefficient (Wildman–Crippen LogP) is 2.66. The van der Waals surface area contributed by atoms with E-state index in [-0.39, 0.29) is 11.8 Å². The molecule has 0 radical (unpaired) electrons. The van der Waals surface area contributed by atoms with Crippen LogP contribution in [-0.2, 0) is 11.2 Å². The van der Waals surface area contributed by atoms with Crippen LogP contribution < -0.4 is 0 Å². The van der Waals surface area contributed by atoms with Crippen LogP contribution in [0.2, 0.25) is 0 Å². The summed E-state index contributed by atoms with van der Waals surface area (Å²) in [6.07, 6.45) is 0.402. The third kappa shape index (κ3) is 3.37. The topological polar surface area (TPSA) is 53.5 Å². The number of amides is 2. The Morgan fingerprint density at radius 3 is 2.29 bits per heavy atom. The van der Waals surface area contributed by atoms with Crippen LogP contribution >= 0.6 is 22.9 Å². The molecule has 2 aromatic rings. The Kier molecular flexibility index (Phi) is 5.01. The number of hydrogen-bond donors (Lipinski definition) is 0. The minimum Gasteiger partial charge on any atom is -0.339 e. The van der Waals surface area contributed by atoms with Gasteiger partial charge >= 0.3 is 0 Å². The molecule has 1 fully saturated rings. The molecule has 1 saturated heterocycles. The molecule has 0 spiro atoms. The summed E-state index contributed by atoms with van der Waals surface area (Å²) in [4.78, 5) is 29.6. The maximum absolute atomic E-state index is 12.6. The first-order chi connectivity index (χ1) is 11.5. The molecule has 1 aliphatic rings. The van der Waals surface area contributed by atoms with Gasteiger partial charge in [0.2, 0.25) is 5.91 Å². The summed E-state index contributed by atoms with van der Waals surface area (Å²) < 4.78 is 4.21. The molecule has 128 valence electrons. The van der Waals surface area contributed by atoms with Gasteiger partial charge in [0.1, 0.15) is 0 Å². The van der Waals surface area contributed by atoms with Crippen LogP contribution in [0.3, 0.4) is 0 Å². The molecule has 0 unspecified atom stereocenters. The van der Waals surface area contributed by atoms with Crippen LogP contribution in [0, 0.1) is 20.8 Å². The number of hydrogen-bond acceptors (Lipinski definition) is 5. The molecule has 0 atom stereocenters. The lowest BCUT2D eigenvalue weighted by Gasteiger charge is -2.34. The largest absolute Gasteiger partial charge is 0.339 e. The van der Waals surface area contributed by atoms with Crippen LogP contribution in [0.5, 0.6) is 0 Å². The number of rotatable bonds is 3. The second-order valence-corrected chi connectivity index (χ2v) is 7.66. The highest BCUT2D eigenvalue weighted by Crippen LogP contribution is 2.23. The summed E-state index contributed by atoms with van der Waals surface area (Å²) in [6, 6.07) is 0. The molecular weight excluding hydrogens is 342 g/mol. The summed E-state index contributed by atoms with van der Waals surface area (Å²) >= 11 is 2.90. The van der Waals surface area contributed by atoms with Crippen molar-refractivity contribution in [2.75, 3.05) is 26.2 Å². The van der Waals surface area contributed by atoms with Crippen LogP contribution in [0.4, 0.5) is 0 Å². The smallest absolute Gasteiger partial charge is 0.264 e. The van der Waals surface area contributed by atoms with Gasteiger partial charge in [-0.05, 0) is 54.4 Å². The lowest BCUT2D eigenvalue weighted by atomic mass is 10.1. The van der Waals surface area contributed by atoms with Crippen molar-refractivity contribution in [3.63, 3.8) is 0 Å². The van der Waals surface area contributed by atoms with Crippen molar-refractivity contribution in [3.8, 4) is 0 Å². The van der Waals surface area contributed by atoms with Gasteiger partial charge in [0.05, 0.1) is 17.0 Å². The van der Waals surface area contributed by atoms with Crippen LogP contribution in [-0.4, -0.2) is 52.2 Å². The lowest BCUT2D eigenvalue weighted by Crippen LogP contribution is -2.51. The van der Waals surface area contributed by atoms with Gasteiger partial charge in [-0.2, -0.15) is 4.37 Å². The van der Waals surface area contributed by atoms with Gasteiger partial charge in [-0.1, -0.05) is 0 Å². The van der Waals surface area contributed by atoms with E-state index in [2.05, 4.69) is 4.37 Å². The molecule has 3 heterocycles. The molecule has 0 aliphatic carbocycles. The minimum atomic E-state index is 0.0931. The van der Waals surface area contributed by atoms with Crippen molar-refractivity contribution in [1.82, 2.24) is 14.2 Å². The van der Waals surface area contributed by atoms with Crippen molar-refractivity contribution in [2.24, 2.45) is 0 Å². The standard InChI is InChI=1S/C17H21N3O2S2/c1-11-9-23-16(12(11)2)17(22)20-6-4-19(5-7-20)15(21)8-14-10-24-18-13(14)3/h9-10H,4-8H2,1-3H3. The average molecular weight is 364 g/mol. The molecule has 1 aliphatic heterocycles. The summed E-state index contributed by atoms with van der Waals surface area (Å²) in [5.74, 6) is 0.212. The Hall–Kier alpha value is -1.73. The number of aryl methyl sites for hydroxylation is 2. The van der Waals surface area contributed by atoms with E-state index in [4.69, 9.17) is 0 Å². The fraction of sp³-hybridized carbons (Fsp3) is 0.471. The SMILES string of the molecule is Cc1csc(C(=O)N2CCN(C(=O)Cc3csnc3C)CC2)c1C. The van der Waals surface area contributed by atoms with Crippen LogP contribution in [0.15, 0.2) is 10.8 Å². The average Bonchev–Trinajstić information content (AvgIpc) is 3.13. The minimum absolute atomic E-state index is 0.0931. The monoisotopic (exact) mass is 363 g/mol. The first kappa shape index (κ1) is 17.1. The van der Waals surface area contributed by atoms with Gasteiger partial charge in [-0.3, -0.25) is 9.59 Å². The van der Waals surface area contributed by atoms with Crippen molar-refractivity contribution in [3.05, 3.63) is 38.0 Å². The molecule has 0 N–H and O–H groups in total. The summed E-state index contributed by atoms with van der Waals surface area (Å²) in [7, 11) is 0. The molecule has 2 aromatic heterocycles. The fourth-order valence-corrected chi connectivity index (χ4v) is 4.52. The van der Waals surface area contributed by atoms with Gasteiger partial charge < -0.3 is 9.80 Å². The Morgan fingerprint density at radius 2 is 1.75 bits per heavy atom. The second-order valence-electron chi connectivity index (χ2n) is 6.15. The number of piperazine rings is 1. The number of nitrogens with zero attached hydrogens (tertiary/aromatic N) is 3. The number of thiophene rings is 1. The van der Waals surface area contributed by atoms with Crippen molar-refractivity contribution >= 4 is 34.7 Å². The van der Waals surface area contributed by atoms with E-state index >= 15 is 0 Å². The van der Waals surface area contributed by atoms with Gasteiger partial charge in [0.25, 0.3) is 5.91 Å². The van der Waals surface area contributed by atoms with E-state index in [1.165, 1.54) is 22.9 Å². The van der Waals surface area contributed by atoms with E-state index in [0.717, 1.165) is 27.3 Å². The highest BCUT2D eigenvalue weighted by molar-refractivity contribution is 7.12. The Morgan fingerprint density at radius 1 is 1.08 bits per heavy atom. The lowest BCUT2D eigenvalue weighted by molar-refractivity contribution is -0.131. The van der Waals surface area contributed by atoms with Crippen molar-refractivity contribution in [1.29, 1.82) is 0 Å². The molecule has 0 aromatic carbocycles. The zero-order valence-corrected chi connectivity index (χ0v) is 15.8. The van der Waals surface area contributed by atoms with E-state index in [0.29, 0.717) is 32.6 Å². The van der Waals surface area contributed by atoms with Gasteiger partial charge in [-0.15, -0.1) is 11.3 Å². The van der Waals surface area contributed by atoms with Crippen LogP contribution in [0.1, 0.15) is 32.1 Å². The van der Waals surface area contributed by atoms with Crippen molar-refractivity contribution in [2.45, 2.75) is 27.2 Å². The van der Waals surface area contributed by atoms with E-state index in [1.807, 2.05) is 41.3 Å². The summed E-state index contributed by atoms with van der Waals surface area (Å²) in [5, 5.41) is 3.97. The van der Waals surface area contributed by atoms with Gasteiger partial charge in [0.15, 0.2) is 0 Å². The molecule has 3 rings (SSSR count). The zero-order chi connectivity index (χ0) is 17.3. The molecule has 5 nitrogen and oxygen atoms in total. The maximum atomic E-state index is 12.6. The third-order valence-corrected chi connectivity index (χ3v) is 6.55. The first-order valence-electron chi connectivity index (χ1n) is 7.99. The molecule has 24 heavy (non-hydrogen) atoms. The fourth-order valence-electron chi connectivity index (χ4n) is 2.77. The normalized spacial score (nSPS) is 15.0. The van der Waals surface area contributed by atoms with Gasteiger partial charge in [0, 0.05) is 31.6 Å². The zero-order valence-electron chi connectivity index (χ0n) is 14.2. The van der Waals surface area contributed by atoms with E-state index in [1.54, 1.807) is 0 Å². The van der Waals surface area contributed by atoms with E-state index in [9.17, 15) is 9.59 Å².